The first kappa shape index (κ1) is 15.4. The molecule has 0 saturated heterocycles. The lowest BCUT2D eigenvalue weighted by Crippen LogP contribution is -2.34. The number of ether oxygens (including phenoxy) is 1. The van der Waals surface area contributed by atoms with Crippen LogP contribution in [0.15, 0.2) is 23.1 Å². The van der Waals surface area contributed by atoms with Gasteiger partial charge in [0, 0.05) is 19.7 Å². The van der Waals surface area contributed by atoms with Crippen LogP contribution >= 0.6 is 0 Å². The van der Waals surface area contributed by atoms with Gasteiger partial charge in [0.25, 0.3) is 0 Å². The standard InChI is InChI=1S/C13H19FN2O3S/c1-19-11-4-3-10(7-11)16-20(17,18)13-5-2-9(8-15)6-12(13)14/h2,5-6,10-11,16H,3-4,7-8,15H2,1H3. The summed E-state index contributed by atoms with van der Waals surface area (Å²) in [6, 6.07) is 3.71. The second kappa shape index (κ2) is 6.17. The average Bonchev–Trinajstić information content (AvgIpc) is 2.85. The van der Waals surface area contributed by atoms with Crippen molar-refractivity contribution in [1.29, 1.82) is 0 Å². The fourth-order valence-electron chi connectivity index (χ4n) is 2.43. The van der Waals surface area contributed by atoms with Crippen molar-refractivity contribution in [3.8, 4) is 0 Å². The minimum absolute atomic E-state index is 0.0622. The van der Waals surface area contributed by atoms with E-state index in [0.29, 0.717) is 18.4 Å². The molecule has 1 fully saturated rings. The second-order valence-electron chi connectivity index (χ2n) is 4.96. The lowest BCUT2D eigenvalue weighted by Gasteiger charge is -2.14. The van der Waals surface area contributed by atoms with E-state index >= 15 is 0 Å². The maximum Gasteiger partial charge on any atom is 0.243 e. The van der Waals surface area contributed by atoms with Gasteiger partial charge in [0.05, 0.1) is 6.10 Å². The normalized spacial score (nSPS) is 23.1. The van der Waals surface area contributed by atoms with E-state index in [0.717, 1.165) is 12.5 Å². The molecule has 1 aromatic rings. The van der Waals surface area contributed by atoms with Crippen LogP contribution in [-0.2, 0) is 21.3 Å². The molecule has 1 aliphatic rings. The van der Waals surface area contributed by atoms with E-state index in [1.165, 1.54) is 12.1 Å². The molecule has 0 amide bonds. The third-order valence-corrected chi connectivity index (χ3v) is 5.11. The Bertz CT molecular complexity index is 577. The first-order chi connectivity index (χ1) is 9.46. The lowest BCUT2D eigenvalue weighted by molar-refractivity contribution is 0.107. The van der Waals surface area contributed by atoms with Gasteiger partial charge in [-0.1, -0.05) is 6.07 Å². The molecule has 0 radical (unpaired) electrons. The molecule has 0 aromatic heterocycles. The van der Waals surface area contributed by atoms with Crippen molar-refractivity contribution in [2.24, 2.45) is 5.73 Å². The van der Waals surface area contributed by atoms with Gasteiger partial charge in [-0.3, -0.25) is 0 Å². The summed E-state index contributed by atoms with van der Waals surface area (Å²) < 4.78 is 45.9. The highest BCUT2D eigenvalue weighted by Gasteiger charge is 2.29. The zero-order valence-corrected chi connectivity index (χ0v) is 12.1. The highest BCUT2D eigenvalue weighted by atomic mass is 32.2. The highest BCUT2D eigenvalue weighted by Crippen LogP contribution is 2.24. The van der Waals surface area contributed by atoms with Crippen molar-refractivity contribution in [2.45, 2.75) is 42.8 Å². The van der Waals surface area contributed by atoms with E-state index in [-0.39, 0.29) is 23.6 Å². The van der Waals surface area contributed by atoms with Crippen LogP contribution in [-0.4, -0.2) is 27.7 Å². The fraction of sp³-hybridized carbons (Fsp3) is 0.538. The predicted octanol–water partition coefficient (Wildman–Crippen LogP) is 1.13. The molecule has 1 aromatic carbocycles. The fourth-order valence-corrected chi connectivity index (χ4v) is 3.78. The number of rotatable bonds is 5. The van der Waals surface area contributed by atoms with Crippen LogP contribution in [0.25, 0.3) is 0 Å². The second-order valence-corrected chi connectivity index (χ2v) is 6.64. The van der Waals surface area contributed by atoms with Crippen LogP contribution < -0.4 is 10.5 Å². The summed E-state index contributed by atoms with van der Waals surface area (Å²) in [5, 5.41) is 0. The molecule has 5 nitrogen and oxygen atoms in total. The minimum atomic E-state index is -3.85. The van der Waals surface area contributed by atoms with E-state index in [9.17, 15) is 12.8 Å². The van der Waals surface area contributed by atoms with Gasteiger partial charge in [0.15, 0.2) is 0 Å². The summed E-state index contributed by atoms with van der Waals surface area (Å²) >= 11 is 0. The van der Waals surface area contributed by atoms with Crippen molar-refractivity contribution in [3.63, 3.8) is 0 Å². The zero-order chi connectivity index (χ0) is 14.8. The first-order valence-electron chi connectivity index (χ1n) is 6.50. The topological polar surface area (TPSA) is 81.4 Å². The molecular formula is C13H19FN2O3S. The maximum atomic E-state index is 13.9. The number of hydrogen-bond acceptors (Lipinski definition) is 4. The molecule has 20 heavy (non-hydrogen) atoms. The van der Waals surface area contributed by atoms with Crippen molar-refractivity contribution < 1.29 is 17.5 Å². The van der Waals surface area contributed by atoms with Gasteiger partial charge in [-0.15, -0.1) is 0 Å². The van der Waals surface area contributed by atoms with Gasteiger partial charge in [0.1, 0.15) is 10.7 Å². The van der Waals surface area contributed by atoms with E-state index in [1.54, 1.807) is 7.11 Å². The Hall–Kier alpha value is -1.02. The number of nitrogens with two attached hydrogens (primary N) is 1. The van der Waals surface area contributed by atoms with Crippen molar-refractivity contribution in [2.75, 3.05) is 7.11 Å². The molecule has 0 bridgehead atoms. The van der Waals surface area contributed by atoms with Crippen LogP contribution in [0.2, 0.25) is 0 Å². The molecule has 0 aliphatic heterocycles. The van der Waals surface area contributed by atoms with Gasteiger partial charge in [-0.25, -0.2) is 17.5 Å². The molecule has 112 valence electrons. The van der Waals surface area contributed by atoms with Crippen LogP contribution in [0.4, 0.5) is 4.39 Å². The van der Waals surface area contributed by atoms with Crippen molar-refractivity contribution in [3.05, 3.63) is 29.6 Å². The molecule has 1 saturated carbocycles. The van der Waals surface area contributed by atoms with Crippen LogP contribution in [0.5, 0.6) is 0 Å². The number of sulfonamides is 1. The van der Waals surface area contributed by atoms with Crippen LogP contribution in [0.1, 0.15) is 24.8 Å². The SMILES string of the molecule is COC1CCC(NS(=O)(=O)c2ccc(CN)cc2F)C1. The van der Waals surface area contributed by atoms with Crippen molar-refractivity contribution >= 4 is 10.0 Å². The summed E-state index contributed by atoms with van der Waals surface area (Å²) in [7, 11) is -2.25. The minimum Gasteiger partial charge on any atom is -0.381 e. The summed E-state index contributed by atoms with van der Waals surface area (Å²) in [5.41, 5.74) is 5.95. The number of methoxy groups -OCH3 is 1. The van der Waals surface area contributed by atoms with Crippen molar-refractivity contribution in [1.82, 2.24) is 4.72 Å². The van der Waals surface area contributed by atoms with E-state index in [4.69, 9.17) is 10.5 Å². The summed E-state index contributed by atoms with van der Waals surface area (Å²) in [5.74, 6) is -0.776. The Balaban J connectivity index is 2.14. The summed E-state index contributed by atoms with van der Waals surface area (Å²) in [4.78, 5) is -0.337. The van der Waals surface area contributed by atoms with Gasteiger partial charge in [-0.2, -0.15) is 0 Å². The lowest BCUT2D eigenvalue weighted by atomic mass is 10.2. The number of hydrogen-bond donors (Lipinski definition) is 2. The molecule has 0 spiro atoms. The third kappa shape index (κ3) is 3.35. The molecular weight excluding hydrogens is 283 g/mol. The Morgan fingerprint density at radius 3 is 2.75 bits per heavy atom. The predicted molar refractivity (Wildman–Crippen MR) is 73.0 cm³/mol. The molecule has 7 heteroatoms. The summed E-state index contributed by atoms with van der Waals surface area (Å²) in [6.45, 7) is 0.169. The molecule has 2 atom stereocenters. The third-order valence-electron chi connectivity index (χ3n) is 3.56. The number of halogens is 1. The average molecular weight is 302 g/mol. The van der Waals surface area contributed by atoms with Crippen LogP contribution in [0.3, 0.4) is 0 Å². The number of benzene rings is 1. The molecule has 2 rings (SSSR count). The van der Waals surface area contributed by atoms with Gasteiger partial charge in [-0.05, 0) is 37.0 Å². The largest absolute Gasteiger partial charge is 0.381 e. The van der Waals surface area contributed by atoms with E-state index in [2.05, 4.69) is 4.72 Å². The smallest absolute Gasteiger partial charge is 0.243 e. The van der Waals surface area contributed by atoms with E-state index < -0.39 is 15.8 Å². The molecule has 0 heterocycles. The summed E-state index contributed by atoms with van der Waals surface area (Å²) in [6.07, 6.45) is 2.17. The van der Waals surface area contributed by atoms with Gasteiger partial charge in [0.2, 0.25) is 10.0 Å². The highest BCUT2D eigenvalue weighted by molar-refractivity contribution is 7.89. The zero-order valence-electron chi connectivity index (χ0n) is 11.3. The van der Waals surface area contributed by atoms with Gasteiger partial charge < -0.3 is 10.5 Å². The van der Waals surface area contributed by atoms with E-state index in [1.807, 2.05) is 0 Å². The molecule has 3 N–H and O–H groups in total. The number of nitrogens with one attached hydrogen (secondary N) is 1. The van der Waals surface area contributed by atoms with Crippen LogP contribution in [0, 0.1) is 5.82 Å². The Morgan fingerprint density at radius 2 is 2.20 bits per heavy atom. The quantitative estimate of drug-likeness (QED) is 0.854. The Kier molecular flexibility index (Phi) is 4.74. The van der Waals surface area contributed by atoms with Gasteiger partial charge >= 0.3 is 0 Å². The first-order valence-corrected chi connectivity index (χ1v) is 7.98. The monoisotopic (exact) mass is 302 g/mol. The Morgan fingerprint density at radius 1 is 1.45 bits per heavy atom. The molecule has 2 unspecified atom stereocenters. The molecule has 1 aliphatic carbocycles. The maximum absolute atomic E-state index is 13.9. The Labute approximate surface area is 118 Å².